The van der Waals surface area contributed by atoms with Gasteiger partial charge in [0.25, 0.3) is 0 Å². The summed E-state index contributed by atoms with van der Waals surface area (Å²) in [5, 5.41) is 0. The maximum Gasteiger partial charge on any atom is 0.0225 e. The van der Waals surface area contributed by atoms with Crippen LogP contribution in [-0.2, 0) is 13.0 Å². The molecule has 1 heteroatoms. The van der Waals surface area contributed by atoms with Gasteiger partial charge in [-0.25, -0.2) is 0 Å². The largest absolute Gasteiger partial charge is 0.348 e. The van der Waals surface area contributed by atoms with Crippen molar-refractivity contribution in [2.24, 2.45) is 0 Å². The molecule has 0 unspecified atom stereocenters. The van der Waals surface area contributed by atoms with E-state index in [1.54, 1.807) is 5.69 Å². The standard InChI is InChI=1S/C11H17N/c1-9(2)11-7-6-10-5-3-4-8-12(10)11/h6-7,9H,3-5,8H2,1-2H3. The zero-order valence-electron chi connectivity index (χ0n) is 8.01. The molecule has 0 aromatic carbocycles. The summed E-state index contributed by atoms with van der Waals surface area (Å²) in [6, 6.07) is 4.60. The Morgan fingerprint density at radius 2 is 2.08 bits per heavy atom. The Balaban J connectivity index is 2.38. The van der Waals surface area contributed by atoms with Crippen molar-refractivity contribution >= 4 is 0 Å². The summed E-state index contributed by atoms with van der Waals surface area (Å²) in [6.07, 6.45) is 4.02. The van der Waals surface area contributed by atoms with E-state index in [2.05, 4.69) is 30.5 Å². The second kappa shape index (κ2) is 2.96. The number of aryl methyl sites for hydroxylation is 1. The molecule has 1 aliphatic rings. The minimum Gasteiger partial charge on any atom is -0.348 e. The molecule has 0 N–H and O–H groups in total. The third-order valence-electron chi connectivity index (χ3n) is 2.76. The highest BCUT2D eigenvalue weighted by atomic mass is 15.0. The maximum atomic E-state index is 2.51. The van der Waals surface area contributed by atoms with Crippen molar-refractivity contribution in [2.45, 2.75) is 45.6 Å². The fourth-order valence-corrected chi connectivity index (χ4v) is 2.10. The molecule has 2 heterocycles. The third kappa shape index (κ3) is 1.17. The van der Waals surface area contributed by atoms with E-state index in [0.29, 0.717) is 5.92 Å². The minimum absolute atomic E-state index is 0.678. The summed E-state index contributed by atoms with van der Waals surface area (Å²) >= 11 is 0. The van der Waals surface area contributed by atoms with Crippen LogP contribution in [0.15, 0.2) is 12.1 Å². The van der Waals surface area contributed by atoms with Crippen molar-refractivity contribution in [3.8, 4) is 0 Å². The van der Waals surface area contributed by atoms with Gasteiger partial charge in [-0.3, -0.25) is 0 Å². The monoisotopic (exact) mass is 163 g/mol. The lowest BCUT2D eigenvalue weighted by Gasteiger charge is -2.19. The Labute approximate surface area is 74.4 Å². The topological polar surface area (TPSA) is 4.93 Å². The van der Waals surface area contributed by atoms with Crippen LogP contribution < -0.4 is 0 Å². The Bertz CT molecular complexity index is 271. The first-order valence-electron chi connectivity index (χ1n) is 4.97. The summed E-state index contributed by atoms with van der Waals surface area (Å²) in [4.78, 5) is 0. The maximum absolute atomic E-state index is 2.51. The van der Waals surface area contributed by atoms with Gasteiger partial charge in [-0.2, -0.15) is 0 Å². The summed E-state index contributed by atoms with van der Waals surface area (Å²) in [7, 11) is 0. The van der Waals surface area contributed by atoms with E-state index in [4.69, 9.17) is 0 Å². The lowest BCUT2D eigenvalue weighted by Crippen LogP contribution is -2.12. The molecule has 1 aromatic heterocycles. The van der Waals surface area contributed by atoms with Crippen molar-refractivity contribution in [1.29, 1.82) is 0 Å². The molecule has 0 amide bonds. The van der Waals surface area contributed by atoms with Crippen molar-refractivity contribution < 1.29 is 0 Å². The van der Waals surface area contributed by atoms with Crippen LogP contribution in [0.2, 0.25) is 0 Å². The number of hydrogen-bond acceptors (Lipinski definition) is 0. The Morgan fingerprint density at radius 3 is 2.83 bits per heavy atom. The van der Waals surface area contributed by atoms with Crippen LogP contribution in [0.5, 0.6) is 0 Å². The molecule has 0 bridgehead atoms. The second-order valence-corrected chi connectivity index (χ2v) is 4.01. The fraction of sp³-hybridized carbons (Fsp3) is 0.636. The number of rotatable bonds is 1. The van der Waals surface area contributed by atoms with Gasteiger partial charge in [-0.1, -0.05) is 13.8 Å². The van der Waals surface area contributed by atoms with Crippen LogP contribution in [0, 0.1) is 0 Å². The molecule has 0 radical (unpaired) electrons. The number of hydrogen-bond donors (Lipinski definition) is 0. The molecule has 0 fully saturated rings. The Morgan fingerprint density at radius 1 is 1.25 bits per heavy atom. The highest BCUT2D eigenvalue weighted by molar-refractivity contribution is 5.20. The van der Waals surface area contributed by atoms with E-state index in [9.17, 15) is 0 Å². The highest BCUT2D eigenvalue weighted by Gasteiger charge is 2.13. The van der Waals surface area contributed by atoms with E-state index in [-0.39, 0.29) is 0 Å². The molecule has 0 atom stereocenters. The molecule has 0 saturated carbocycles. The first-order valence-corrected chi connectivity index (χ1v) is 4.97. The zero-order chi connectivity index (χ0) is 8.55. The summed E-state index contributed by atoms with van der Waals surface area (Å²) < 4.78 is 2.51. The zero-order valence-corrected chi connectivity index (χ0v) is 8.01. The highest BCUT2D eigenvalue weighted by Crippen LogP contribution is 2.23. The van der Waals surface area contributed by atoms with Gasteiger partial charge in [0.2, 0.25) is 0 Å². The summed E-state index contributed by atoms with van der Waals surface area (Å²) in [5.74, 6) is 0.678. The average Bonchev–Trinajstić information content (AvgIpc) is 2.47. The van der Waals surface area contributed by atoms with Crippen LogP contribution in [-0.4, -0.2) is 4.57 Å². The van der Waals surface area contributed by atoms with Crippen LogP contribution in [0.3, 0.4) is 0 Å². The van der Waals surface area contributed by atoms with Gasteiger partial charge in [0.1, 0.15) is 0 Å². The molecule has 1 nitrogen and oxygen atoms in total. The van der Waals surface area contributed by atoms with Gasteiger partial charge in [0.05, 0.1) is 0 Å². The number of aromatic nitrogens is 1. The van der Waals surface area contributed by atoms with Crippen molar-refractivity contribution in [1.82, 2.24) is 4.57 Å². The van der Waals surface area contributed by atoms with Crippen LogP contribution >= 0.6 is 0 Å². The lowest BCUT2D eigenvalue weighted by atomic mass is 10.1. The van der Waals surface area contributed by atoms with E-state index in [1.165, 1.54) is 31.5 Å². The number of nitrogens with zero attached hydrogens (tertiary/aromatic N) is 1. The summed E-state index contributed by atoms with van der Waals surface area (Å²) in [6.45, 7) is 5.80. The lowest BCUT2D eigenvalue weighted by molar-refractivity contribution is 0.509. The molecule has 12 heavy (non-hydrogen) atoms. The van der Waals surface area contributed by atoms with E-state index >= 15 is 0 Å². The predicted octanol–water partition coefficient (Wildman–Crippen LogP) is 2.95. The first-order chi connectivity index (χ1) is 5.79. The Kier molecular flexibility index (Phi) is 1.95. The van der Waals surface area contributed by atoms with E-state index in [1.807, 2.05) is 0 Å². The normalized spacial score (nSPS) is 16.6. The van der Waals surface area contributed by atoms with E-state index in [0.717, 1.165) is 0 Å². The smallest absolute Gasteiger partial charge is 0.0225 e. The molecule has 1 aliphatic heterocycles. The Hall–Kier alpha value is -0.720. The van der Waals surface area contributed by atoms with Crippen LogP contribution in [0.4, 0.5) is 0 Å². The molecule has 0 spiro atoms. The van der Waals surface area contributed by atoms with Gasteiger partial charge in [-0.15, -0.1) is 0 Å². The van der Waals surface area contributed by atoms with Gasteiger partial charge < -0.3 is 4.57 Å². The fourth-order valence-electron chi connectivity index (χ4n) is 2.10. The summed E-state index contributed by atoms with van der Waals surface area (Å²) in [5.41, 5.74) is 3.06. The van der Waals surface area contributed by atoms with Gasteiger partial charge in [0, 0.05) is 17.9 Å². The molecular weight excluding hydrogens is 146 g/mol. The van der Waals surface area contributed by atoms with Gasteiger partial charge in [-0.05, 0) is 37.3 Å². The minimum atomic E-state index is 0.678. The first kappa shape index (κ1) is 7.90. The molecule has 0 aliphatic carbocycles. The van der Waals surface area contributed by atoms with Crippen molar-refractivity contribution in [3.05, 3.63) is 23.5 Å². The quantitative estimate of drug-likeness (QED) is 0.600. The van der Waals surface area contributed by atoms with Gasteiger partial charge in [0.15, 0.2) is 0 Å². The van der Waals surface area contributed by atoms with Gasteiger partial charge >= 0.3 is 0 Å². The molecule has 66 valence electrons. The molecular formula is C11H17N. The van der Waals surface area contributed by atoms with Crippen LogP contribution in [0.1, 0.15) is 44.0 Å². The van der Waals surface area contributed by atoms with Crippen molar-refractivity contribution in [3.63, 3.8) is 0 Å². The van der Waals surface area contributed by atoms with E-state index < -0.39 is 0 Å². The van der Waals surface area contributed by atoms with Crippen LogP contribution in [0.25, 0.3) is 0 Å². The third-order valence-corrected chi connectivity index (χ3v) is 2.76. The second-order valence-electron chi connectivity index (χ2n) is 4.01. The molecule has 0 saturated heterocycles. The molecule has 1 aromatic rings. The number of fused-ring (bicyclic) bond motifs is 1. The predicted molar refractivity (Wildman–Crippen MR) is 51.5 cm³/mol. The average molecular weight is 163 g/mol. The SMILES string of the molecule is CC(C)c1ccc2n1CCCC2. The molecule has 2 rings (SSSR count). The van der Waals surface area contributed by atoms with Crippen molar-refractivity contribution in [2.75, 3.05) is 0 Å².